The van der Waals surface area contributed by atoms with Gasteiger partial charge >= 0.3 is 0 Å². The summed E-state index contributed by atoms with van der Waals surface area (Å²) in [6, 6.07) is 74.1. The van der Waals surface area contributed by atoms with Crippen molar-refractivity contribution in [2.75, 3.05) is 0 Å². The standard InChI is InChI=1S/C57H34N4S/c1-2-15-37(16-3-1)55-58-56(41-26-25-35-13-4-5-17-38(35)31-41)60-57(59-55)42-27-29-49(61-48-23-11-10-21-44(48)46-32-39-18-6-7-19-40(39)34-50(46)61)47(33-42)45-22-12-24-51-54(45)53-43-20-9-8-14-36(43)28-30-52(53)62-51/h1-34H. The number of rotatable bonds is 5. The lowest BCUT2D eigenvalue weighted by Gasteiger charge is -2.17. The van der Waals surface area contributed by atoms with Crippen molar-refractivity contribution in [2.24, 2.45) is 0 Å². The fourth-order valence-electron chi connectivity index (χ4n) is 9.49. The third-order valence-corrected chi connectivity index (χ3v) is 13.5. The largest absolute Gasteiger partial charge is 0.309 e. The molecule has 0 radical (unpaired) electrons. The van der Waals surface area contributed by atoms with Crippen LogP contribution in [0, 0.1) is 0 Å². The summed E-state index contributed by atoms with van der Waals surface area (Å²) in [6.45, 7) is 0. The summed E-state index contributed by atoms with van der Waals surface area (Å²) >= 11 is 1.86. The van der Waals surface area contributed by atoms with Crippen molar-refractivity contribution in [2.45, 2.75) is 0 Å². The van der Waals surface area contributed by atoms with Crippen LogP contribution in [-0.2, 0) is 0 Å². The monoisotopic (exact) mass is 806 g/mol. The molecule has 0 aliphatic carbocycles. The topological polar surface area (TPSA) is 43.6 Å². The first kappa shape index (κ1) is 34.8. The minimum atomic E-state index is 0.621. The van der Waals surface area contributed by atoms with Gasteiger partial charge in [-0.3, -0.25) is 0 Å². The quantitative estimate of drug-likeness (QED) is 0.174. The van der Waals surface area contributed by atoms with E-state index in [4.69, 9.17) is 15.0 Å². The van der Waals surface area contributed by atoms with Gasteiger partial charge in [0.15, 0.2) is 17.5 Å². The lowest BCUT2D eigenvalue weighted by molar-refractivity contribution is 1.07. The van der Waals surface area contributed by atoms with Crippen LogP contribution in [0.25, 0.3) is 125 Å². The SMILES string of the molecule is c1ccc(-c2nc(-c3ccc(-n4c5ccccc5c5cc6ccccc6cc54)c(-c4cccc5sc6ccc7ccccc7c6c45)c3)nc(-c3ccc4ccccc4c3)n2)cc1. The molecule has 0 N–H and O–H groups in total. The van der Waals surface area contributed by atoms with Gasteiger partial charge in [-0.25, -0.2) is 15.0 Å². The molecule has 13 aromatic rings. The van der Waals surface area contributed by atoms with Crippen molar-refractivity contribution in [1.82, 2.24) is 19.5 Å². The average molecular weight is 807 g/mol. The predicted octanol–water partition coefficient (Wildman–Crippen LogP) is 15.5. The Morgan fingerprint density at radius 1 is 0.323 bits per heavy atom. The molecule has 0 unspecified atom stereocenters. The number of para-hydroxylation sites is 1. The van der Waals surface area contributed by atoms with E-state index in [2.05, 4.69) is 193 Å². The van der Waals surface area contributed by atoms with E-state index in [1.807, 2.05) is 29.5 Å². The van der Waals surface area contributed by atoms with E-state index in [0.29, 0.717) is 17.5 Å². The van der Waals surface area contributed by atoms with Crippen molar-refractivity contribution >= 4 is 85.6 Å². The van der Waals surface area contributed by atoms with Crippen LogP contribution >= 0.6 is 11.3 Å². The van der Waals surface area contributed by atoms with E-state index in [1.165, 1.54) is 63.4 Å². The van der Waals surface area contributed by atoms with Gasteiger partial charge in [0.1, 0.15) is 0 Å². The van der Waals surface area contributed by atoms with Crippen LogP contribution in [0.3, 0.4) is 0 Å². The number of hydrogen-bond donors (Lipinski definition) is 0. The van der Waals surface area contributed by atoms with Crippen LogP contribution < -0.4 is 0 Å². The van der Waals surface area contributed by atoms with Gasteiger partial charge < -0.3 is 4.57 Å². The number of hydrogen-bond acceptors (Lipinski definition) is 4. The van der Waals surface area contributed by atoms with Crippen LogP contribution in [0.4, 0.5) is 0 Å². The molecular formula is C57H34N4S. The highest BCUT2D eigenvalue weighted by atomic mass is 32.1. The molecule has 0 saturated carbocycles. The Bertz CT molecular complexity index is 3940. The van der Waals surface area contributed by atoms with Crippen molar-refractivity contribution in [1.29, 1.82) is 0 Å². The molecular weight excluding hydrogens is 773 g/mol. The molecule has 5 heteroatoms. The Kier molecular flexibility index (Phi) is 7.74. The Hall–Kier alpha value is -7.99. The first-order chi connectivity index (χ1) is 30.7. The second-order valence-corrected chi connectivity index (χ2v) is 17.1. The molecule has 10 aromatic carbocycles. The zero-order valence-electron chi connectivity index (χ0n) is 33.3. The highest BCUT2D eigenvalue weighted by Gasteiger charge is 2.22. The summed E-state index contributed by atoms with van der Waals surface area (Å²) in [5.41, 5.74) is 8.48. The van der Waals surface area contributed by atoms with Crippen molar-refractivity contribution in [3.05, 3.63) is 206 Å². The van der Waals surface area contributed by atoms with Crippen molar-refractivity contribution in [3.63, 3.8) is 0 Å². The van der Waals surface area contributed by atoms with Crippen molar-refractivity contribution < 1.29 is 0 Å². The molecule has 0 saturated heterocycles. The fourth-order valence-corrected chi connectivity index (χ4v) is 10.6. The van der Waals surface area contributed by atoms with E-state index >= 15 is 0 Å². The summed E-state index contributed by atoms with van der Waals surface area (Å²) in [5, 5.41) is 12.2. The van der Waals surface area contributed by atoms with E-state index in [1.54, 1.807) is 0 Å². The third kappa shape index (κ3) is 5.49. The Morgan fingerprint density at radius 2 is 0.919 bits per heavy atom. The zero-order valence-corrected chi connectivity index (χ0v) is 34.1. The van der Waals surface area contributed by atoms with E-state index < -0.39 is 0 Å². The molecule has 13 rings (SSSR count). The minimum Gasteiger partial charge on any atom is -0.309 e. The van der Waals surface area contributed by atoms with Crippen LogP contribution in [0.1, 0.15) is 0 Å². The molecule has 288 valence electrons. The highest BCUT2D eigenvalue weighted by molar-refractivity contribution is 7.26. The summed E-state index contributed by atoms with van der Waals surface area (Å²) in [6.07, 6.45) is 0. The number of nitrogens with zero attached hydrogens (tertiary/aromatic N) is 4. The maximum atomic E-state index is 5.28. The Labute approximate surface area is 360 Å². The van der Waals surface area contributed by atoms with Crippen LogP contribution in [-0.4, -0.2) is 19.5 Å². The number of benzene rings is 10. The second kappa shape index (κ2) is 13.8. The predicted molar refractivity (Wildman–Crippen MR) is 261 cm³/mol. The molecule has 0 aliphatic rings. The Balaban J connectivity index is 1.13. The van der Waals surface area contributed by atoms with Gasteiger partial charge in [-0.1, -0.05) is 152 Å². The zero-order chi connectivity index (χ0) is 40.7. The first-order valence-corrected chi connectivity index (χ1v) is 21.7. The molecule has 0 spiro atoms. The van der Waals surface area contributed by atoms with Gasteiger partial charge in [-0.15, -0.1) is 11.3 Å². The first-order valence-electron chi connectivity index (χ1n) is 20.9. The lowest BCUT2D eigenvalue weighted by Crippen LogP contribution is -2.02. The number of thiophene rings is 1. The molecule has 4 nitrogen and oxygen atoms in total. The molecule has 0 atom stereocenters. The smallest absolute Gasteiger partial charge is 0.164 e. The van der Waals surface area contributed by atoms with Gasteiger partial charge in [0.05, 0.1) is 16.7 Å². The molecule has 3 heterocycles. The fraction of sp³-hybridized carbons (Fsp3) is 0. The molecule has 3 aromatic heterocycles. The third-order valence-electron chi connectivity index (χ3n) is 12.4. The summed E-state index contributed by atoms with van der Waals surface area (Å²) in [5.74, 6) is 1.89. The number of fused-ring (bicyclic) bond motifs is 10. The van der Waals surface area contributed by atoms with Crippen LogP contribution in [0.5, 0.6) is 0 Å². The minimum absolute atomic E-state index is 0.621. The Morgan fingerprint density at radius 3 is 1.73 bits per heavy atom. The molecule has 0 amide bonds. The second-order valence-electron chi connectivity index (χ2n) is 16.0. The molecule has 62 heavy (non-hydrogen) atoms. The van der Waals surface area contributed by atoms with Gasteiger partial charge in [0.25, 0.3) is 0 Å². The highest BCUT2D eigenvalue weighted by Crippen LogP contribution is 2.46. The van der Waals surface area contributed by atoms with E-state index in [-0.39, 0.29) is 0 Å². The summed E-state index contributed by atoms with van der Waals surface area (Å²) < 4.78 is 4.99. The van der Waals surface area contributed by atoms with Gasteiger partial charge in [-0.05, 0) is 92.5 Å². The van der Waals surface area contributed by atoms with E-state index in [0.717, 1.165) is 44.4 Å². The van der Waals surface area contributed by atoms with Gasteiger partial charge in [-0.2, -0.15) is 0 Å². The molecule has 0 fully saturated rings. The van der Waals surface area contributed by atoms with Gasteiger partial charge in [0, 0.05) is 53.2 Å². The summed E-state index contributed by atoms with van der Waals surface area (Å²) in [4.78, 5) is 15.6. The lowest BCUT2D eigenvalue weighted by atomic mass is 9.94. The van der Waals surface area contributed by atoms with Crippen molar-refractivity contribution in [3.8, 4) is 51.0 Å². The number of aromatic nitrogens is 4. The maximum Gasteiger partial charge on any atom is 0.164 e. The maximum absolute atomic E-state index is 5.28. The van der Waals surface area contributed by atoms with E-state index in [9.17, 15) is 0 Å². The normalized spacial score (nSPS) is 11.9. The van der Waals surface area contributed by atoms with Crippen LogP contribution in [0.15, 0.2) is 206 Å². The molecule has 0 bridgehead atoms. The molecule has 0 aliphatic heterocycles. The average Bonchev–Trinajstić information content (AvgIpc) is 3.89. The summed E-state index contributed by atoms with van der Waals surface area (Å²) in [7, 11) is 0. The van der Waals surface area contributed by atoms with Crippen LogP contribution in [0.2, 0.25) is 0 Å². The van der Waals surface area contributed by atoms with Gasteiger partial charge in [0.2, 0.25) is 0 Å².